The van der Waals surface area contributed by atoms with Crippen molar-refractivity contribution in [1.29, 1.82) is 0 Å². The predicted molar refractivity (Wildman–Crippen MR) is 96.3 cm³/mol. The first kappa shape index (κ1) is 17.3. The number of fused-ring (bicyclic) bond motifs is 2. The third-order valence-corrected chi connectivity index (χ3v) is 5.19. The van der Waals surface area contributed by atoms with Gasteiger partial charge in [-0.2, -0.15) is 9.61 Å². The van der Waals surface area contributed by atoms with Crippen LogP contribution in [0.15, 0.2) is 24.3 Å². The smallest absolute Gasteiger partial charge is 0.261 e. The Balaban J connectivity index is 1.26. The van der Waals surface area contributed by atoms with Crippen molar-refractivity contribution in [2.75, 3.05) is 6.54 Å². The molecule has 9 nitrogen and oxygen atoms in total. The van der Waals surface area contributed by atoms with Gasteiger partial charge in [-0.1, -0.05) is 23.5 Å². The highest BCUT2D eigenvalue weighted by Crippen LogP contribution is 2.22. The average Bonchev–Trinajstić information content (AvgIpc) is 3.30. The molecule has 27 heavy (non-hydrogen) atoms. The lowest BCUT2D eigenvalue weighted by Gasteiger charge is -2.13. The number of nitrogens with zero attached hydrogens (tertiary/aromatic N) is 5. The first-order valence-corrected chi connectivity index (χ1v) is 9.26. The largest absolute Gasteiger partial charge is 0.350 e. The second-order valence-electron chi connectivity index (χ2n) is 6.13. The maximum Gasteiger partial charge on any atom is 0.261 e. The Morgan fingerprint density at radius 1 is 1.15 bits per heavy atom. The van der Waals surface area contributed by atoms with Crippen molar-refractivity contribution in [2.24, 2.45) is 0 Å². The number of benzene rings is 1. The monoisotopic (exact) mass is 384 g/mol. The predicted octanol–water partition coefficient (Wildman–Crippen LogP) is 1.19. The van der Waals surface area contributed by atoms with Gasteiger partial charge in [-0.15, -0.1) is 10.2 Å². The van der Waals surface area contributed by atoms with E-state index < -0.39 is 0 Å². The van der Waals surface area contributed by atoms with Gasteiger partial charge in [0.25, 0.3) is 11.8 Å². The number of imide groups is 1. The fourth-order valence-electron chi connectivity index (χ4n) is 2.93. The Bertz CT molecular complexity index is 1020. The van der Waals surface area contributed by atoms with E-state index in [1.807, 2.05) is 0 Å². The number of aromatic nitrogens is 4. The molecule has 3 aromatic rings. The molecule has 0 unspecified atom stereocenters. The molecular formula is C17H16N6O3S. The highest BCUT2D eigenvalue weighted by Gasteiger charge is 2.34. The van der Waals surface area contributed by atoms with Crippen LogP contribution in [0.4, 0.5) is 0 Å². The summed E-state index contributed by atoms with van der Waals surface area (Å²) in [7, 11) is 0. The van der Waals surface area contributed by atoms with Crippen molar-refractivity contribution in [3.05, 3.63) is 46.2 Å². The van der Waals surface area contributed by atoms with Gasteiger partial charge in [0.05, 0.1) is 17.7 Å². The molecule has 0 fully saturated rings. The molecule has 138 valence electrons. The van der Waals surface area contributed by atoms with Crippen molar-refractivity contribution in [1.82, 2.24) is 30.0 Å². The second kappa shape index (κ2) is 6.88. The molecule has 0 radical (unpaired) electrons. The number of carbonyl (C=O) groups excluding carboxylic acids is 3. The summed E-state index contributed by atoms with van der Waals surface area (Å²) in [5.74, 6) is -0.0636. The molecule has 2 aromatic heterocycles. The second-order valence-corrected chi connectivity index (χ2v) is 7.17. The van der Waals surface area contributed by atoms with Crippen LogP contribution >= 0.6 is 11.3 Å². The molecule has 1 N–H and O–H groups in total. The summed E-state index contributed by atoms with van der Waals surface area (Å²) in [5, 5.41) is 15.7. The van der Waals surface area contributed by atoms with Crippen LogP contribution in [0.1, 0.15) is 44.4 Å². The Morgan fingerprint density at radius 3 is 2.52 bits per heavy atom. The van der Waals surface area contributed by atoms with Crippen LogP contribution < -0.4 is 5.32 Å². The minimum Gasteiger partial charge on any atom is -0.350 e. The Kier molecular flexibility index (Phi) is 4.40. The number of hydrogen-bond acceptors (Lipinski definition) is 7. The van der Waals surface area contributed by atoms with Crippen LogP contribution in [0.3, 0.4) is 0 Å². The number of nitrogens with one attached hydrogen (secondary N) is 1. The molecule has 0 bridgehead atoms. The summed E-state index contributed by atoms with van der Waals surface area (Å²) in [4.78, 5) is 38.4. The standard InChI is InChI=1S/C17H16N6O3S/c1-10-19-20-17-23(10)21-14(27-17)9-18-13(24)7-4-8-22-15(25)11-5-2-3-6-12(11)16(22)26/h2-3,5-6H,4,7-9H2,1H3,(H,18,24). The fourth-order valence-corrected chi connectivity index (χ4v) is 3.75. The van der Waals surface area contributed by atoms with Crippen LogP contribution in [0.2, 0.25) is 0 Å². The van der Waals surface area contributed by atoms with Crippen LogP contribution in [-0.2, 0) is 11.3 Å². The van der Waals surface area contributed by atoms with Gasteiger partial charge in [0.2, 0.25) is 10.9 Å². The number of hydrogen-bond donors (Lipinski definition) is 1. The van der Waals surface area contributed by atoms with E-state index in [2.05, 4.69) is 20.6 Å². The molecule has 0 saturated heterocycles. The molecule has 0 atom stereocenters. The maximum absolute atomic E-state index is 12.3. The van der Waals surface area contributed by atoms with E-state index in [1.54, 1.807) is 35.7 Å². The summed E-state index contributed by atoms with van der Waals surface area (Å²) in [6.07, 6.45) is 0.623. The highest BCUT2D eigenvalue weighted by molar-refractivity contribution is 7.16. The van der Waals surface area contributed by atoms with Crippen LogP contribution in [0, 0.1) is 6.92 Å². The van der Waals surface area contributed by atoms with E-state index in [0.717, 1.165) is 5.01 Å². The van der Waals surface area contributed by atoms with Crippen LogP contribution in [-0.4, -0.2) is 49.0 Å². The molecule has 3 amide bonds. The van der Waals surface area contributed by atoms with Crippen molar-refractivity contribution < 1.29 is 14.4 Å². The minimum absolute atomic E-state index is 0.158. The Labute approximate surface area is 158 Å². The minimum atomic E-state index is -0.300. The van der Waals surface area contributed by atoms with Gasteiger partial charge in [-0.3, -0.25) is 19.3 Å². The van der Waals surface area contributed by atoms with Gasteiger partial charge in [-0.05, 0) is 25.5 Å². The van der Waals surface area contributed by atoms with E-state index in [4.69, 9.17) is 0 Å². The molecule has 4 rings (SSSR count). The first-order chi connectivity index (χ1) is 13.0. The van der Waals surface area contributed by atoms with Crippen LogP contribution in [0.25, 0.3) is 4.96 Å². The van der Waals surface area contributed by atoms with Crippen molar-refractivity contribution in [2.45, 2.75) is 26.3 Å². The van der Waals surface area contributed by atoms with Gasteiger partial charge in [0, 0.05) is 13.0 Å². The Hall–Kier alpha value is -3.14. The molecule has 1 aliphatic heterocycles. The lowest BCUT2D eigenvalue weighted by molar-refractivity contribution is -0.121. The summed E-state index contributed by atoms with van der Waals surface area (Å²) in [5.41, 5.74) is 0.844. The molecule has 0 saturated carbocycles. The summed E-state index contributed by atoms with van der Waals surface area (Å²) < 4.78 is 1.63. The van der Waals surface area contributed by atoms with Gasteiger partial charge in [-0.25, -0.2) is 0 Å². The zero-order valence-electron chi connectivity index (χ0n) is 14.5. The average molecular weight is 384 g/mol. The lowest BCUT2D eigenvalue weighted by atomic mass is 10.1. The number of amides is 3. The number of carbonyl (C=O) groups is 3. The van der Waals surface area contributed by atoms with Crippen LogP contribution in [0.5, 0.6) is 0 Å². The summed E-state index contributed by atoms with van der Waals surface area (Å²) in [6.45, 7) is 2.33. The first-order valence-electron chi connectivity index (χ1n) is 8.44. The third-order valence-electron chi connectivity index (χ3n) is 4.29. The van der Waals surface area contributed by atoms with Crippen molar-refractivity contribution >= 4 is 34.0 Å². The van der Waals surface area contributed by atoms with E-state index >= 15 is 0 Å². The van der Waals surface area contributed by atoms with E-state index in [1.165, 1.54) is 16.2 Å². The van der Waals surface area contributed by atoms with Crippen molar-refractivity contribution in [3.63, 3.8) is 0 Å². The Morgan fingerprint density at radius 2 is 1.85 bits per heavy atom. The molecule has 0 aliphatic carbocycles. The molecule has 1 aliphatic rings. The van der Waals surface area contributed by atoms with Gasteiger partial charge in [0.1, 0.15) is 5.01 Å². The summed E-state index contributed by atoms with van der Waals surface area (Å²) in [6, 6.07) is 6.75. The third kappa shape index (κ3) is 3.19. The zero-order chi connectivity index (χ0) is 19.0. The SMILES string of the molecule is Cc1nnc2sc(CNC(=O)CCCN3C(=O)c4ccccc4C3=O)nn12. The molecule has 1 aromatic carbocycles. The molecular weight excluding hydrogens is 368 g/mol. The van der Waals surface area contributed by atoms with Gasteiger partial charge >= 0.3 is 0 Å². The van der Waals surface area contributed by atoms with Gasteiger partial charge < -0.3 is 5.32 Å². The highest BCUT2D eigenvalue weighted by atomic mass is 32.1. The molecule has 0 spiro atoms. The zero-order valence-corrected chi connectivity index (χ0v) is 15.3. The summed E-state index contributed by atoms with van der Waals surface area (Å²) >= 11 is 1.36. The normalized spacial score (nSPS) is 13.4. The van der Waals surface area contributed by atoms with E-state index in [9.17, 15) is 14.4 Å². The molecule has 3 heterocycles. The maximum atomic E-state index is 12.3. The van der Waals surface area contributed by atoms with E-state index in [-0.39, 0.29) is 30.7 Å². The van der Waals surface area contributed by atoms with E-state index in [0.29, 0.717) is 34.9 Å². The quantitative estimate of drug-likeness (QED) is 0.639. The van der Waals surface area contributed by atoms with Crippen molar-refractivity contribution in [3.8, 4) is 0 Å². The number of rotatable bonds is 6. The number of aryl methyl sites for hydroxylation is 1. The topological polar surface area (TPSA) is 110 Å². The van der Waals surface area contributed by atoms with Gasteiger partial charge in [0.15, 0.2) is 5.82 Å². The molecule has 10 heteroatoms. The fraction of sp³-hybridized carbons (Fsp3) is 0.294. The lowest BCUT2D eigenvalue weighted by Crippen LogP contribution is -2.32.